The van der Waals surface area contributed by atoms with Gasteiger partial charge >= 0.3 is 0 Å². The Morgan fingerprint density at radius 1 is 1.13 bits per heavy atom. The summed E-state index contributed by atoms with van der Waals surface area (Å²) in [5.74, 6) is 0.223. The van der Waals surface area contributed by atoms with Crippen molar-refractivity contribution in [3.63, 3.8) is 0 Å². The summed E-state index contributed by atoms with van der Waals surface area (Å²) in [5.41, 5.74) is 1.67. The molecule has 2 rings (SSSR count). The Morgan fingerprint density at radius 3 is 2.07 bits per heavy atom. The zero-order chi connectivity index (χ0) is 11.1. The summed E-state index contributed by atoms with van der Waals surface area (Å²) in [6, 6.07) is 0. The number of hydrogen-bond acceptors (Lipinski definition) is 2. The topological polar surface area (TPSA) is 23.6 Å². The fourth-order valence-corrected chi connectivity index (χ4v) is 2.65. The van der Waals surface area contributed by atoms with Gasteiger partial charge in [0.05, 0.1) is 0 Å². The minimum Gasteiger partial charge on any atom is -0.374 e. The second-order valence-corrected chi connectivity index (χ2v) is 5.10. The molecule has 0 bridgehead atoms. The molecule has 0 radical (unpaired) electrons. The quantitative estimate of drug-likeness (QED) is 0.651. The van der Waals surface area contributed by atoms with Crippen LogP contribution in [0.25, 0.3) is 0 Å². The number of rotatable bonds is 1. The van der Waals surface area contributed by atoms with Crippen LogP contribution < -0.4 is 0 Å². The molecule has 2 saturated heterocycles. The van der Waals surface area contributed by atoms with E-state index in [-0.39, 0.29) is 5.91 Å². The molecule has 2 aliphatic heterocycles. The number of carbonyl (C=O) groups is 1. The molecule has 0 aromatic carbocycles. The molecule has 15 heavy (non-hydrogen) atoms. The molecule has 3 nitrogen and oxygen atoms in total. The van der Waals surface area contributed by atoms with Gasteiger partial charge in [-0.25, -0.2) is 0 Å². The third kappa shape index (κ3) is 1.87. The molecule has 0 aromatic heterocycles. The van der Waals surface area contributed by atoms with E-state index >= 15 is 0 Å². The zero-order valence-corrected chi connectivity index (χ0v) is 9.75. The molecule has 0 saturated carbocycles. The van der Waals surface area contributed by atoms with E-state index in [9.17, 15) is 4.79 Å². The first-order valence-electron chi connectivity index (χ1n) is 5.68. The van der Waals surface area contributed by atoms with E-state index in [1.54, 1.807) is 6.92 Å². The van der Waals surface area contributed by atoms with E-state index in [0.717, 1.165) is 39.0 Å². The van der Waals surface area contributed by atoms with Crippen LogP contribution in [0.5, 0.6) is 0 Å². The Kier molecular flexibility index (Phi) is 2.49. The van der Waals surface area contributed by atoms with Crippen molar-refractivity contribution in [2.75, 3.05) is 26.2 Å². The molecule has 2 heterocycles. The third-order valence-electron chi connectivity index (χ3n) is 3.86. The van der Waals surface area contributed by atoms with Gasteiger partial charge in [-0.1, -0.05) is 6.58 Å². The monoisotopic (exact) mass is 208 g/mol. The average molecular weight is 208 g/mol. The second kappa shape index (κ2) is 3.54. The van der Waals surface area contributed by atoms with E-state index < -0.39 is 0 Å². The summed E-state index contributed by atoms with van der Waals surface area (Å²) in [4.78, 5) is 15.5. The molecule has 0 N–H and O–H groups in total. The number of carbonyl (C=O) groups excluding carboxylic acids is 1. The van der Waals surface area contributed by atoms with Crippen molar-refractivity contribution in [1.82, 2.24) is 9.80 Å². The number of nitrogens with zero attached hydrogens (tertiary/aromatic N) is 2. The summed E-state index contributed by atoms with van der Waals surface area (Å²) < 4.78 is 0. The van der Waals surface area contributed by atoms with Crippen molar-refractivity contribution in [3.8, 4) is 0 Å². The lowest BCUT2D eigenvalue weighted by Crippen LogP contribution is -2.59. The van der Waals surface area contributed by atoms with Gasteiger partial charge in [-0.15, -0.1) is 0 Å². The van der Waals surface area contributed by atoms with Gasteiger partial charge in [0, 0.05) is 44.2 Å². The predicted molar refractivity (Wildman–Crippen MR) is 60.3 cm³/mol. The number of piperidine rings is 1. The van der Waals surface area contributed by atoms with Crippen molar-refractivity contribution < 1.29 is 4.79 Å². The van der Waals surface area contributed by atoms with Gasteiger partial charge in [-0.05, 0) is 19.8 Å². The lowest BCUT2D eigenvalue weighted by molar-refractivity contribution is -0.133. The lowest BCUT2D eigenvalue weighted by Gasteiger charge is -2.55. The van der Waals surface area contributed by atoms with Crippen molar-refractivity contribution in [2.24, 2.45) is 5.41 Å². The molecule has 0 aliphatic carbocycles. The molecule has 3 heteroatoms. The maximum absolute atomic E-state index is 11.2. The van der Waals surface area contributed by atoms with E-state index in [2.05, 4.69) is 18.4 Å². The van der Waals surface area contributed by atoms with Gasteiger partial charge in [-0.3, -0.25) is 4.79 Å². The first-order valence-corrected chi connectivity index (χ1v) is 5.68. The van der Waals surface area contributed by atoms with Crippen LogP contribution in [0, 0.1) is 5.41 Å². The van der Waals surface area contributed by atoms with Gasteiger partial charge in [0.25, 0.3) is 0 Å². The van der Waals surface area contributed by atoms with E-state index in [1.807, 2.05) is 4.90 Å². The summed E-state index contributed by atoms with van der Waals surface area (Å²) in [6.07, 6.45) is 2.33. The van der Waals surface area contributed by atoms with Crippen LogP contribution in [-0.4, -0.2) is 41.9 Å². The Balaban J connectivity index is 1.85. The van der Waals surface area contributed by atoms with Gasteiger partial charge in [-0.2, -0.15) is 0 Å². The largest absolute Gasteiger partial charge is 0.374 e. The first-order chi connectivity index (χ1) is 7.02. The van der Waals surface area contributed by atoms with Crippen LogP contribution in [0.3, 0.4) is 0 Å². The van der Waals surface area contributed by atoms with E-state index in [1.165, 1.54) is 5.70 Å². The maximum Gasteiger partial charge on any atom is 0.219 e. The van der Waals surface area contributed by atoms with Gasteiger partial charge in [0.15, 0.2) is 0 Å². The summed E-state index contributed by atoms with van der Waals surface area (Å²) >= 11 is 0. The Labute approximate surface area is 91.7 Å². The molecule has 2 aliphatic rings. The van der Waals surface area contributed by atoms with Gasteiger partial charge < -0.3 is 9.80 Å². The fourth-order valence-electron chi connectivity index (χ4n) is 2.65. The third-order valence-corrected chi connectivity index (χ3v) is 3.86. The van der Waals surface area contributed by atoms with Gasteiger partial charge in [0.2, 0.25) is 5.91 Å². The Hall–Kier alpha value is -0.990. The molecule has 0 atom stereocenters. The van der Waals surface area contributed by atoms with Crippen LogP contribution in [0.2, 0.25) is 0 Å². The van der Waals surface area contributed by atoms with Crippen molar-refractivity contribution >= 4 is 5.91 Å². The maximum atomic E-state index is 11.2. The van der Waals surface area contributed by atoms with Crippen molar-refractivity contribution in [1.29, 1.82) is 0 Å². The Bertz CT molecular complexity index is 282. The molecule has 2 fully saturated rings. The normalized spacial score (nSPS) is 23.9. The van der Waals surface area contributed by atoms with Crippen LogP contribution in [0.15, 0.2) is 12.3 Å². The van der Waals surface area contributed by atoms with Crippen LogP contribution >= 0.6 is 0 Å². The molecule has 84 valence electrons. The lowest BCUT2D eigenvalue weighted by atomic mass is 9.72. The van der Waals surface area contributed by atoms with Crippen LogP contribution in [-0.2, 0) is 4.79 Å². The van der Waals surface area contributed by atoms with Crippen LogP contribution in [0.4, 0.5) is 0 Å². The number of amides is 1. The minimum absolute atomic E-state index is 0.223. The van der Waals surface area contributed by atoms with Crippen molar-refractivity contribution in [3.05, 3.63) is 12.3 Å². The highest BCUT2D eigenvalue weighted by Gasteiger charge is 2.44. The predicted octanol–water partition coefficient (Wildman–Crippen LogP) is 1.46. The van der Waals surface area contributed by atoms with E-state index in [4.69, 9.17) is 0 Å². The van der Waals surface area contributed by atoms with E-state index in [0.29, 0.717) is 5.41 Å². The average Bonchev–Trinajstić information content (AvgIpc) is 2.13. The summed E-state index contributed by atoms with van der Waals surface area (Å²) in [6.45, 7) is 11.9. The van der Waals surface area contributed by atoms with Gasteiger partial charge in [0.1, 0.15) is 0 Å². The number of likely N-dealkylation sites (tertiary alicyclic amines) is 2. The minimum atomic E-state index is 0.223. The molecule has 1 amide bonds. The highest BCUT2D eigenvalue weighted by atomic mass is 16.2. The van der Waals surface area contributed by atoms with Crippen LogP contribution in [0.1, 0.15) is 26.7 Å². The standard InChI is InChI=1S/C12H20N2O/c1-10(2)14-8-12(9-14)4-6-13(7-5-12)11(3)15/h1,4-9H2,2-3H3. The number of hydrogen-bond donors (Lipinski definition) is 0. The van der Waals surface area contributed by atoms with Crippen molar-refractivity contribution in [2.45, 2.75) is 26.7 Å². The highest BCUT2D eigenvalue weighted by Crippen LogP contribution is 2.41. The molecular weight excluding hydrogens is 188 g/mol. The first kappa shape index (κ1) is 10.5. The number of allylic oxidation sites excluding steroid dienone is 1. The zero-order valence-electron chi connectivity index (χ0n) is 9.75. The second-order valence-electron chi connectivity index (χ2n) is 5.10. The molecular formula is C12H20N2O. The summed E-state index contributed by atoms with van der Waals surface area (Å²) in [7, 11) is 0. The highest BCUT2D eigenvalue weighted by molar-refractivity contribution is 5.73. The summed E-state index contributed by atoms with van der Waals surface area (Å²) in [5, 5.41) is 0. The Morgan fingerprint density at radius 2 is 1.67 bits per heavy atom. The SMILES string of the molecule is C=C(C)N1CC2(CCN(C(C)=O)CC2)C1. The molecule has 1 spiro atoms. The molecule has 0 aromatic rings. The smallest absolute Gasteiger partial charge is 0.219 e. The fraction of sp³-hybridized carbons (Fsp3) is 0.750. The molecule has 0 unspecified atom stereocenters.